The highest BCUT2D eigenvalue weighted by Gasteiger charge is 2.13. The van der Waals surface area contributed by atoms with Crippen molar-refractivity contribution in [3.63, 3.8) is 0 Å². The highest BCUT2D eigenvalue weighted by Crippen LogP contribution is 2.28. The maximum Gasteiger partial charge on any atom is 0.270 e. The number of rotatable bonds is 5. The predicted octanol–water partition coefficient (Wildman–Crippen LogP) is 3.55. The Kier molecular flexibility index (Phi) is 4.35. The van der Waals surface area contributed by atoms with E-state index in [-0.39, 0.29) is 11.6 Å². The number of nitrogens with one attached hydrogen (secondary N) is 1. The number of aromatic nitrogens is 1. The number of nitro benzene ring substituents is 1. The van der Waals surface area contributed by atoms with Crippen molar-refractivity contribution in [3.05, 3.63) is 55.3 Å². The first-order chi connectivity index (χ1) is 11.0. The smallest absolute Gasteiger partial charge is 0.270 e. The predicted molar refractivity (Wildman–Crippen MR) is 91.4 cm³/mol. The molecule has 2 aromatic heterocycles. The molecule has 1 aromatic carbocycles. The van der Waals surface area contributed by atoms with E-state index >= 15 is 0 Å². The molecule has 0 unspecified atom stereocenters. The van der Waals surface area contributed by atoms with Crippen molar-refractivity contribution >= 4 is 44.4 Å². The van der Waals surface area contributed by atoms with Crippen LogP contribution in [-0.2, 0) is 6.42 Å². The van der Waals surface area contributed by atoms with Gasteiger partial charge in [-0.15, -0.1) is 22.7 Å². The van der Waals surface area contributed by atoms with Crippen molar-refractivity contribution in [1.82, 2.24) is 10.3 Å². The highest BCUT2D eigenvalue weighted by molar-refractivity contribution is 7.20. The summed E-state index contributed by atoms with van der Waals surface area (Å²) in [6.45, 7) is 2.46. The van der Waals surface area contributed by atoms with Crippen molar-refractivity contribution < 1.29 is 9.72 Å². The lowest BCUT2D eigenvalue weighted by molar-refractivity contribution is -0.384. The second-order valence-corrected chi connectivity index (χ2v) is 7.10. The van der Waals surface area contributed by atoms with Crippen LogP contribution in [0.4, 0.5) is 5.69 Å². The molecule has 1 N–H and O–H groups in total. The molecule has 23 heavy (non-hydrogen) atoms. The second kappa shape index (κ2) is 6.43. The van der Waals surface area contributed by atoms with E-state index in [1.54, 1.807) is 23.5 Å². The Balaban J connectivity index is 1.67. The quantitative estimate of drug-likeness (QED) is 0.565. The number of nitro groups is 1. The summed E-state index contributed by atoms with van der Waals surface area (Å²) in [5.41, 5.74) is 1.00. The lowest BCUT2D eigenvalue weighted by Crippen LogP contribution is -2.24. The van der Waals surface area contributed by atoms with Crippen LogP contribution in [0.15, 0.2) is 29.6 Å². The number of hydrogen-bond acceptors (Lipinski definition) is 6. The number of non-ortho nitro benzene ring substituents is 1. The number of benzene rings is 1. The average molecular weight is 347 g/mol. The Bertz CT molecular complexity index is 885. The summed E-state index contributed by atoms with van der Waals surface area (Å²) in [4.78, 5) is 27.4. The van der Waals surface area contributed by atoms with Crippen LogP contribution in [0.1, 0.15) is 20.4 Å². The van der Waals surface area contributed by atoms with E-state index in [2.05, 4.69) is 10.3 Å². The first kappa shape index (κ1) is 15.6. The van der Waals surface area contributed by atoms with Crippen LogP contribution >= 0.6 is 22.7 Å². The van der Waals surface area contributed by atoms with Gasteiger partial charge in [-0.1, -0.05) is 0 Å². The van der Waals surface area contributed by atoms with Gasteiger partial charge in [0.1, 0.15) is 0 Å². The van der Waals surface area contributed by atoms with Gasteiger partial charge in [-0.25, -0.2) is 4.98 Å². The minimum absolute atomic E-state index is 0.0289. The molecule has 0 atom stereocenters. The summed E-state index contributed by atoms with van der Waals surface area (Å²) in [6, 6.07) is 6.30. The molecule has 6 nitrogen and oxygen atoms in total. The van der Waals surface area contributed by atoms with Gasteiger partial charge in [0.05, 0.1) is 20.5 Å². The molecule has 0 fully saturated rings. The Morgan fingerprint density at radius 3 is 2.91 bits per heavy atom. The molecule has 0 saturated heterocycles. The number of aryl methyl sites for hydroxylation is 1. The first-order valence-electron chi connectivity index (χ1n) is 6.90. The van der Waals surface area contributed by atoms with Crippen LogP contribution in [0.2, 0.25) is 0 Å². The van der Waals surface area contributed by atoms with Crippen LogP contribution < -0.4 is 5.32 Å². The number of hydrogen-bond donors (Lipinski definition) is 1. The SMILES string of the molecule is Cc1nc(CCNC(=O)c2cc3cc([N+](=O)[O-])ccc3s2)cs1. The maximum atomic E-state index is 12.2. The van der Waals surface area contributed by atoms with Gasteiger partial charge in [-0.3, -0.25) is 14.9 Å². The molecule has 3 rings (SSSR count). The minimum Gasteiger partial charge on any atom is -0.351 e. The summed E-state index contributed by atoms with van der Waals surface area (Å²) < 4.78 is 0.857. The van der Waals surface area contributed by atoms with Gasteiger partial charge in [-0.2, -0.15) is 0 Å². The number of amides is 1. The lowest BCUT2D eigenvalue weighted by atomic mass is 10.2. The fraction of sp³-hybridized carbons (Fsp3) is 0.200. The van der Waals surface area contributed by atoms with Crippen molar-refractivity contribution in [3.8, 4) is 0 Å². The van der Waals surface area contributed by atoms with E-state index in [9.17, 15) is 14.9 Å². The summed E-state index contributed by atoms with van der Waals surface area (Å²) in [5.74, 6) is -0.166. The van der Waals surface area contributed by atoms with Gasteiger partial charge in [0.25, 0.3) is 11.6 Å². The van der Waals surface area contributed by atoms with Crippen LogP contribution in [-0.4, -0.2) is 22.4 Å². The number of nitrogens with zero attached hydrogens (tertiary/aromatic N) is 2. The molecule has 0 radical (unpaired) electrons. The number of carbonyl (C=O) groups is 1. The van der Waals surface area contributed by atoms with Gasteiger partial charge in [0, 0.05) is 40.6 Å². The van der Waals surface area contributed by atoms with Gasteiger partial charge in [0.2, 0.25) is 0 Å². The van der Waals surface area contributed by atoms with Crippen LogP contribution in [0.3, 0.4) is 0 Å². The van der Waals surface area contributed by atoms with Crippen LogP contribution in [0, 0.1) is 17.0 Å². The average Bonchev–Trinajstić information content (AvgIpc) is 3.12. The molecule has 0 saturated carbocycles. The molecule has 118 valence electrons. The zero-order valence-corrected chi connectivity index (χ0v) is 13.9. The summed E-state index contributed by atoms with van der Waals surface area (Å²) in [5, 5.41) is 17.4. The number of fused-ring (bicyclic) bond motifs is 1. The Morgan fingerprint density at radius 1 is 1.39 bits per heavy atom. The fourth-order valence-electron chi connectivity index (χ4n) is 2.17. The molecule has 0 bridgehead atoms. The Labute approximate surface area is 139 Å². The van der Waals surface area contributed by atoms with Crippen molar-refractivity contribution in [1.29, 1.82) is 0 Å². The van der Waals surface area contributed by atoms with Crippen LogP contribution in [0.25, 0.3) is 10.1 Å². The molecule has 8 heteroatoms. The molecule has 1 amide bonds. The number of thiazole rings is 1. The highest BCUT2D eigenvalue weighted by atomic mass is 32.1. The summed E-state index contributed by atoms with van der Waals surface area (Å²) >= 11 is 2.92. The largest absolute Gasteiger partial charge is 0.351 e. The zero-order valence-electron chi connectivity index (χ0n) is 12.2. The topological polar surface area (TPSA) is 85.1 Å². The van der Waals surface area contributed by atoms with E-state index in [1.807, 2.05) is 12.3 Å². The first-order valence-corrected chi connectivity index (χ1v) is 8.60. The molecular weight excluding hydrogens is 334 g/mol. The lowest BCUT2D eigenvalue weighted by Gasteiger charge is -2.01. The Hall–Kier alpha value is -2.32. The molecule has 0 aliphatic rings. The van der Waals surface area contributed by atoms with E-state index in [0.29, 0.717) is 23.2 Å². The van der Waals surface area contributed by atoms with E-state index < -0.39 is 4.92 Å². The molecule has 0 aliphatic heterocycles. The summed E-state index contributed by atoms with van der Waals surface area (Å²) in [7, 11) is 0. The molecular formula is C15H13N3O3S2. The standard InChI is InChI=1S/C15H13N3O3S2/c1-9-17-11(8-22-9)4-5-16-15(19)14-7-10-6-12(18(20)21)2-3-13(10)23-14/h2-3,6-8H,4-5H2,1H3,(H,16,19). The minimum atomic E-state index is -0.438. The third-order valence-corrected chi connectivity index (χ3v) is 5.20. The van der Waals surface area contributed by atoms with Crippen molar-refractivity contribution in [2.45, 2.75) is 13.3 Å². The van der Waals surface area contributed by atoms with Gasteiger partial charge >= 0.3 is 0 Å². The van der Waals surface area contributed by atoms with E-state index in [0.717, 1.165) is 15.4 Å². The normalized spacial score (nSPS) is 10.8. The second-order valence-electron chi connectivity index (χ2n) is 4.95. The van der Waals surface area contributed by atoms with Crippen molar-refractivity contribution in [2.24, 2.45) is 0 Å². The molecule has 3 aromatic rings. The maximum absolute atomic E-state index is 12.2. The van der Waals surface area contributed by atoms with Gasteiger partial charge in [-0.05, 0) is 19.1 Å². The molecule has 2 heterocycles. The molecule has 0 spiro atoms. The summed E-state index contributed by atoms with van der Waals surface area (Å²) in [6.07, 6.45) is 0.687. The third kappa shape index (κ3) is 3.54. The van der Waals surface area contributed by atoms with E-state index in [4.69, 9.17) is 0 Å². The number of thiophene rings is 1. The third-order valence-electron chi connectivity index (χ3n) is 3.27. The fourth-order valence-corrected chi connectivity index (χ4v) is 3.78. The van der Waals surface area contributed by atoms with E-state index in [1.165, 1.54) is 23.5 Å². The van der Waals surface area contributed by atoms with Gasteiger partial charge in [0.15, 0.2) is 0 Å². The zero-order chi connectivity index (χ0) is 16.4. The van der Waals surface area contributed by atoms with Crippen molar-refractivity contribution in [2.75, 3.05) is 6.54 Å². The Morgan fingerprint density at radius 2 is 2.22 bits per heavy atom. The monoisotopic (exact) mass is 347 g/mol. The van der Waals surface area contributed by atoms with Gasteiger partial charge < -0.3 is 5.32 Å². The van der Waals surface area contributed by atoms with Crippen LogP contribution in [0.5, 0.6) is 0 Å². The number of carbonyl (C=O) groups excluding carboxylic acids is 1. The molecule has 0 aliphatic carbocycles.